The molecule has 0 aliphatic rings. The number of alkyl halides is 1. The zero-order valence-electron chi connectivity index (χ0n) is 8.90. The fourth-order valence-corrected chi connectivity index (χ4v) is 2.18. The Kier molecular flexibility index (Phi) is 4.73. The second-order valence-electron chi connectivity index (χ2n) is 3.39. The maximum absolute atomic E-state index is 11.7. The van der Waals surface area contributed by atoms with Gasteiger partial charge in [0.05, 0.1) is 5.69 Å². The monoisotopic (exact) mass is 288 g/mol. The van der Waals surface area contributed by atoms with Crippen molar-refractivity contribution in [3.05, 3.63) is 18.0 Å². The van der Waals surface area contributed by atoms with Gasteiger partial charge >= 0.3 is 0 Å². The van der Waals surface area contributed by atoms with Gasteiger partial charge in [-0.15, -0.1) is 0 Å². The van der Waals surface area contributed by atoms with Crippen LogP contribution < -0.4 is 0 Å². The summed E-state index contributed by atoms with van der Waals surface area (Å²) in [7, 11) is 0. The molecule has 5 heteroatoms. The Bertz CT molecular complexity index is 357. The third-order valence-corrected chi connectivity index (χ3v) is 3.40. The molecule has 1 atom stereocenters. The first kappa shape index (κ1) is 12.6. The van der Waals surface area contributed by atoms with Crippen LogP contribution in [0.15, 0.2) is 17.4 Å². The Balaban J connectivity index is 2.90. The van der Waals surface area contributed by atoms with Crippen molar-refractivity contribution in [2.24, 2.45) is 5.92 Å². The van der Waals surface area contributed by atoms with Crippen molar-refractivity contribution in [1.82, 2.24) is 9.97 Å². The van der Waals surface area contributed by atoms with Crippen molar-refractivity contribution >= 4 is 33.5 Å². The molecule has 0 aliphatic heterocycles. The number of thioether (sulfide) groups is 1. The average molecular weight is 289 g/mol. The van der Waals surface area contributed by atoms with Crippen LogP contribution in [0.4, 0.5) is 0 Å². The molecule has 3 nitrogen and oxygen atoms in total. The number of halogens is 1. The molecule has 82 valence electrons. The molecule has 1 heterocycles. The summed E-state index contributed by atoms with van der Waals surface area (Å²) in [6.07, 6.45) is 3.59. The SMILES string of the molecule is CSc1nccc(C(Br)C(=O)C(C)C)n1. The molecule has 0 aliphatic carbocycles. The average Bonchev–Trinajstić information content (AvgIpc) is 2.27. The van der Waals surface area contributed by atoms with E-state index in [1.54, 1.807) is 12.3 Å². The van der Waals surface area contributed by atoms with E-state index < -0.39 is 0 Å². The van der Waals surface area contributed by atoms with Crippen molar-refractivity contribution in [1.29, 1.82) is 0 Å². The molecular formula is C10H13BrN2OS. The molecule has 1 aromatic heterocycles. The summed E-state index contributed by atoms with van der Waals surface area (Å²) in [5, 5.41) is 0.688. The van der Waals surface area contributed by atoms with Crippen LogP contribution in [-0.2, 0) is 4.79 Å². The lowest BCUT2D eigenvalue weighted by molar-refractivity contribution is -0.121. The van der Waals surface area contributed by atoms with Gasteiger partial charge in [0, 0.05) is 12.1 Å². The molecule has 1 unspecified atom stereocenters. The summed E-state index contributed by atoms with van der Waals surface area (Å²) in [5.74, 6) is 0.142. The molecule has 0 amide bonds. The number of nitrogens with zero attached hydrogens (tertiary/aromatic N) is 2. The first-order chi connectivity index (χ1) is 7.06. The lowest BCUT2D eigenvalue weighted by atomic mass is 10.0. The summed E-state index contributed by atoms with van der Waals surface area (Å²) >= 11 is 4.83. The van der Waals surface area contributed by atoms with Crippen LogP contribution >= 0.6 is 27.7 Å². The quantitative estimate of drug-likeness (QED) is 0.485. The van der Waals surface area contributed by atoms with Crippen LogP contribution in [0.3, 0.4) is 0 Å². The van der Waals surface area contributed by atoms with Gasteiger partial charge in [-0.25, -0.2) is 9.97 Å². The van der Waals surface area contributed by atoms with Gasteiger partial charge in [0.1, 0.15) is 4.83 Å². The van der Waals surface area contributed by atoms with E-state index in [1.165, 1.54) is 11.8 Å². The Hall–Kier alpha value is -0.420. The fourth-order valence-electron chi connectivity index (χ4n) is 1.03. The number of hydrogen-bond donors (Lipinski definition) is 0. The third kappa shape index (κ3) is 3.28. The number of carbonyl (C=O) groups is 1. The lowest BCUT2D eigenvalue weighted by Crippen LogP contribution is -2.14. The summed E-state index contributed by atoms with van der Waals surface area (Å²) in [6, 6.07) is 1.76. The van der Waals surface area contributed by atoms with Crippen LogP contribution in [0, 0.1) is 5.92 Å². The third-order valence-electron chi connectivity index (χ3n) is 1.92. The summed E-state index contributed by atoms with van der Waals surface area (Å²) < 4.78 is 0. The number of Topliss-reactive ketones (excluding diaryl/α,β-unsaturated/α-hetero) is 1. The van der Waals surface area contributed by atoms with Gasteiger partial charge < -0.3 is 0 Å². The molecule has 0 aromatic carbocycles. The van der Waals surface area contributed by atoms with E-state index in [-0.39, 0.29) is 16.5 Å². The predicted octanol–water partition coefficient (Wildman–Crippen LogP) is 2.86. The number of hydrogen-bond acceptors (Lipinski definition) is 4. The minimum Gasteiger partial charge on any atom is -0.298 e. The number of ketones is 1. The van der Waals surface area contributed by atoms with E-state index in [9.17, 15) is 4.79 Å². The van der Waals surface area contributed by atoms with Crippen LogP contribution in [0.5, 0.6) is 0 Å². The van der Waals surface area contributed by atoms with Gasteiger partial charge in [-0.1, -0.05) is 41.5 Å². The normalized spacial score (nSPS) is 12.9. The van der Waals surface area contributed by atoms with Gasteiger partial charge in [-0.3, -0.25) is 4.79 Å². The molecule has 0 bridgehead atoms. The van der Waals surface area contributed by atoms with Crippen LogP contribution in [0.2, 0.25) is 0 Å². The smallest absolute Gasteiger partial charge is 0.187 e. The first-order valence-corrected chi connectivity index (χ1v) is 6.75. The molecular weight excluding hydrogens is 276 g/mol. The van der Waals surface area contributed by atoms with E-state index in [4.69, 9.17) is 0 Å². The molecule has 0 saturated carbocycles. The van der Waals surface area contributed by atoms with Crippen molar-refractivity contribution in [2.45, 2.75) is 23.8 Å². The Morgan fingerprint density at radius 2 is 2.20 bits per heavy atom. The van der Waals surface area contributed by atoms with Gasteiger partial charge in [-0.05, 0) is 12.3 Å². The van der Waals surface area contributed by atoms with Gasteiger partial charge in [0.25, 0.3) is 0 Å². The standard InChI is InChI=1S/C10H13BrN2OS/c1-6(2)9(14)8(11)7-4-5-12-10(13-7)15-3/h4-6,8H,1-3H3. The lowest BCUT2D eigenvalue weighted by Gasteiger charge is -2.10. The van der Waals surface area contributed by atoms with E-state index >= 15 is 0 Å². The van der Waals surface area contributed by atoms with E-state index in [2.05, 4.69) is 25.9 Å². The Labute approximate surface area is 102 Å². The highest BCUT2D eigenvalue weighted by atomic mass is 79.9. The number of carbonyl (C=O) groups excluding carboxylic acids is 1. The van der Waals surface area contributed by atoms with Gasteiger partial charge in [-0.2, -0.15) is 0 Å². The van der Waals surface area contributed by atoms with Crippen LogP contribution in [0.1, 0.15) is 24.4 Å². The fraction of sp³-hybridized carbons (Fsp3) is 0.500. The predicted molar refractivity (Wildman–Crippen MR) is 65.3 cm³/mol. The highest BCUT2D eigenvalue weighted by Gasteiger charge is 2.21. The van der Waals surface area contributed by atoms with Gasteiger partial charge in [0.2, 0.25) is 0 Å². The number of rotatable bonds is 4. The minimum absolute atomic E-state index is 0.00192. The molecule has 1 rings (SSSR count). The van der Waals surface area contributed by atoms with Crippen molar-refractivity contribution in [3.63, 3.8) is 0 Å². The summed E-state index contributed by atoms with van der Waals surface area (Å²) in [6.45, 7) is 3.76. The molecule has 0 N–H and O–H groups in total. The highest BCUT2D eigenvalue weighted by molar-refractivity contribution is 9.09. The minimum atomic E-state index is -0.327. The summed E-state index contributed by atoms with van der Waals surface area (Å²) in [5.41, 5.74) is 0.730. The topological polar surface area (TPSA) is 42.9 Å². The molecule has 0 fully saturated rings. The Morgan fingerprint density at radius 3 is 2.73 bits per heavy atom. The van der Waals surface area contributed by atoms with Crippen molar-refractivity contribution in [2.75, 3.05) is 6.26 Å². The van der Waals surface area contributed by atoms with E-state index in [0.717, 1.165) is 5.69 Å². The summed E-state index contributed by atoms with van der Waals surface area (Å²) in [4.78, 5) is 19.7. The molecule has 0 spiro atoms. The van der Waals surface area contributed by atoms with E-state index in [1.807, 2.05) is 20.1 Å². The zero-order valence-corrected chi connectivity index (χ0v) is 11.3. The highest BCUT2D eigenvalue weighted by Crippen LogP contribution is 2.25. The maximum Gasteiger partial charge on any atom is 0.187 e. The van der Waals surface area contributed by atoms with Crippen molar-refractivity contribution in [3.8, 4) is 0 Å². The Morgan fingerprint density at radius 1 is 1.53 bits per heavy atom. The molecule has 0 radical (unpaired) electrons. The van der Waals surface area contributed by atoms with E-state index in [0.29, 0.717) is 5.16 Å². The largest absolute Gasteiger partial charge is 0.298 e. The zero-order chi connectivity index (χ0) is 11.4. The maximum atomic E-state index is 11.7. The van der Waals surface area contributed by atoms with Crippen LogP contribution in [-0.4, -0.2) is 22.0 Å². The van der Waals surface area contributed by atoms with Gasteiger partial charge in [0.15, 0.2) is 10.9 Å². The molecule has 0 saturated heterocycles. The first-order valence-electron chi connectivity index (χ1n) is 4.61. The second kappa shape index (κ2) is 5.61. The molecule has 15 heavy (non-hydrogen) atoms. The van der Waals surface area contributed by atoms with Crippen LogP contribution in [0.25, 0.3) is 0 Å². The second-order valence-corrected chi connectivity index (χ2v) is 5.08. The van der Waals surface area contributed by atoms with Crippen molar-refractivity contribution < 1.29 is 4.79 Å². The number of aromatic nitrogens is 2. The molecule has 1 aromatic rings.